The van der Waals surface area contributed by atoms with Crippen molar-refractivity contribution in [1.29, 1.82) is 0 Å². The maximum Gasteiger partial charge on any atom is 0.335 e. The third kappa shape index (κ3) is 3.15. The molecule has 0 saturated carbocycles. The van der Waals surface area contributed by atoms with Crippen LogP contribution in [0.5, 0.6) is 0 Å². The highest BCUT2D eigenvalue weighted by atomic mass is 19.1. The van der Waals surface area contributed by atoms with Crippen molar-refractivity contribution >= 4 is 5.97 Å². The molecule has 1 heterocycles. The fourth-order valence-corrected chi connectivity index (χ4v) is 1.95. The SMILES string of the molecule is COCOC(c1ccc(F)cc1)C1OC(=O)C=C1OC. The highest BCUT2D eigenvalue weighted by Gasteiger charge is 2.36. The third-order valence-electron chi connectivity index (χ3n) is 2.86. The van der Waals surface area contributed by atoms with Gasteiger partial charge in [0.05, 0.1) is 13.2 Å². The molecule has 0 aliphatic carbocycles. The minimum absolute atomic E-state index is 0.00703. The highest BCUT2D eigenvalue weighted by molar-refractivity contribution is 5.85. The average Bonchev–Trinajstić information content (AvgIpc) is 2.82. The van der Waals surface area contributed by atoms with E-state index >= 15 is 0 Å². The first-order valence-corrected chi connectivity index (χ1v) is 5.98. The molecule has 108 valence electrons. The monoisotopic (exact) mass is 282 g/mol. The molecule has 20 heavy (non-hydrogen) atoms. The number of carbonyl (C=O) groups excluding carboxylic acids is 1. The topological polar surface area (TPSA) is 54.0 Å². The molecular weight excluding hydrogens is 267 g/mol. The molecule has 0 N–H and O–H groups in total. The fraction of sp³-hybridized carbons (Fsp3) is 0.357. The fourth-order valence-electron chi connectivity index (χ4n) is 1.95. The molecule has 2 atom stereocenters. The van der Waals surface area contributed by atoms with Crippen LogP contribution >= 0.6 is 0 Å². The van der Waals surface area contributed by atoms with Crippen LogP contribution in [0, 0.1) is 5.82 Å². The number of methoxy groups -OCH3 is 2. The van der Waals surface area contributed by atoms with Crippen LogP contribution in [0.15, 0.2) is 36.1 Å². The zero-order valence-electron chi connectivity index (χ0n) is 11.2. The zero-order chi connectivity index (χ0) is 14.5. The second kappa shape index (κ2) is 6.49. The van der Waals surface area contributed by atoms with Crippen molar-refractivity contribution in [2.24, 2.45) is 0 Å². The van der Waals surface area contributed by atoms with E-state index in [4.69, 9.17) is 18.9 Å². The molecule has 0 amide bonds. The van der Waals surface area contributed by atoms with E-state index < -0.39 is 18.2 Å². The Morgan fingerprint density at radius 2 is 2.00 bits per heavy atom. The molecule has 2 unspecified atom stereocenters. The summed E-state index contributed by atoms with van der Waals surface area (Å²) in [5.41, 5.74) is 0.658. The molecule has 0 bridgehead atoms. The number of cyclic esters (lactones) is 1. The van der Waals surface area contributed by atoms with Gasteiger partial charge in [0, 0.05) is 7.11 Å². The summed E-state index contributed by atoms with van der Waals surface area (Å²) in [5, 5.41) is 0. The maximum atomic E-state index is 13.0. The Kier molecular flexibility index (Phi) is 4.70. The number of carbonyl (C=O) groups is 1. The Bertz CT molecular complexity index is 497. The summed E-state index contributed by atoms with van der Waals surface area (Å²) >= 11 is 0. The van der Waals surface area contributed by atoms with Gasteiger partial charge in [0.15, 0.2) is 6.10 Å². The van der Waals surface area contributed by atoms with Crippen molar-refractivity contribution in [2.45, 2.75) is 12.2 Å². The molecule has 1 aromatic carbocycles. The van der Waals surface area contributed by atoms with Crippen molar-refractivity contribution in [1.82, 2.24) is 0 Å². The van der Waals surface area contributed by atoms with E-state index in [0.29, 0.717) is 11.3 Å². The predicted octanol–water partition coefficient (Wildman–Crippen LogP) is 1.94. The summed E-state index contributed by atoms with van der Waals surface area (Å²) in [6.45, 7) is 0.00703. The van der Waals surface area contributed by atoms with Crippen LogP contribution in [0.25, 0.3) is 0 Å². The smallest absolute Gasteiger partial charge is 0.335 e. The maximum absolute atomic E-state index is 13.0. The van der Waals surface area contributed by atoms with Gasteiger partial charge in [-0.2, -0.15) is 0 Å². The molecule has 1 aliphatic rings. The van der Waals surface area contributed by atoms with Gasteiger partial charge in [-0.25, -0.2) is 9.18 Å². The standard InChI is InChI=1S/C14H15FO5/c1-17-8-19-13(9-3-5-10(15)6-4-9)14-11(18-2)7-12(16)20-14/h3-7,13-14H,8H2,1-2H3. The first-order chi connectivity index (χ1) is 9.65. The third-order valence-corrected chi connectivity index (χ3v) is 2.86. The molecule has 0 fully saturated rings. The molecule has 0 aromatic heterocycles. The summed E-state index contributed by atoms with van der Waals surface area (Å²) in [7, 11) is 2.92. The Morgan fingerprint density at radius 3 is 2.60 bits per heavy atom. The largest absolute Gasteiger partial charge is 0.497 e. The van der Waals surface area contributed by atoms with E-state index in [1.807, 2.05) is 0 Å². The van der Waals surface area contributed by atoms with Crippen LogP contribution < -0.4 is 0 Å². The van der Waals surface area contributed by atoms with Gasteiger partial charge in [-0.15, -0.1) is 0 Å². The molecule has 0 spiro atoms. The Labute approximate surface area is 115 Å². The average molecular weight is 282 g/mol. The summed E-state index contributed by atoms with van der Waals surface area (Å²) < 4.78 is 33.7. The quantitative estimate of drug-likeness (QED) is 0.589. The summed E-state index contributed by atoms with van der Waals surface area (Å²) in [6.07, 6.45) is -0.0847. The zero-order valence-corrected chi connectivity index (χ0v) is 11.2. The Hall–Kier alpha value is -1.92. The van der Waals surface area contributed by atoms with Gasteiger partial charge in [-0.1, -0.05) is 12.1 Å². The highest BCUT2D eigenvalue weighted by Crippen LogP contribution is 2.32. The second-order valence-electron chi connectivity index (χ2n) is 4.15. The van der Waals surface area contributed by atoms with Crippen molar-refractivity contribution in [3.8, 4) is 0 Å². The Balaban J connectivity index is 2.25. The predicted molar refractivity (Wildman–Crippen MR) is 67.1 cm³/mol. The Morgan fingerprint density at radius 1 is 1.30 bits per heavy atom. The molecule has 5 nitrogen and oxygen atoms in total. The van der Waals surface area contributed by atoms with Crippen LogP contribution in [0.3, 0.4) is 0 Å². The van der Waals surface area contributed by atoms with Gasteiger partial charge in [-0.05, 0) is 17.7 Å². The van der Waals surface area contributed by atoms with E-state index in [0.717, 1.165) is 0 Å². The molecule has 1 aromatic rings. The van der Waals surface area contributed by atoms with Gasteiger partial charge < -0.3 is 18.9 Å². The van der Waals surface area contributed by atoms with E-state index in [9.17, 15) is 9.18 Å². The van der Waals surface area contributed by atoms with Crippen LogP contribution in [-0.4, -0.2) is 33.1 Å². The normalized spacial score (nSPS) is 19.4. The van der Waals surface area contributed by atoms with Crippen molar-refractivity contribution < 1.29 is 28.1 Å². The van der Waals surface area contributed by atoms with Gasteiger partial charge in [-0.3, -0.25) is 0 Å². The minimum Gasteiger partial charge on any atom is -0.497 e. The summed E-state index contributed by atoms with van der Waals surface area (Å²) in [6, 6.07) is 5.75. The first kappa shape index (κ1) is 14.5. The summed E-state index contributed by atoms with van der Waals surface area (Å²) in [5.74, 6) is -0.495. The lowest BCUT2D eigenvalue weighted by atomic mass is 10.0. The van der Waals surface area contributed by atoms with Gasteiger partial charge in [0.25, 0.3) is 0 Å². The number of rotatable bonds is 6. The van der Waals surface area contributed by atoms with Crippen LogP contribution in [0.2, 0.25) is 0 Å². The molecule has 2 rings (SSSR count). The number of halogens is 1. The van der Waals surface area contributed by atoms with Crippen molar-refractivity contribution in [3.05, 3.63) is 47.5 Å². The van der Waals surface area contributed by atoms with E-state index in [1.54, 1.807) is 12.1 Å². The molecule has 1 aliphatic heterocycles. The van der Waals surface area contributed by atoms with E-state index in [1.165, 1.54) is 32.4 Å². The van der Waals surface area contributed by atoms with Crippen LogP contribution in [-0.2, 0) is 23.7 Å². The van der Waals surface area contributed by atoms with Crippen molar-refractivity contribution in [3.63, 3.8) is 0 Å². The molecular formula is C14H15FO5. The lowest BCUT2D eigenvalue weighted by Crippen LogP contribution is -2.25. The van der Waals surface area contributed by atoms with E-state index in [2.05, 4.69) is 0 Å². The second-order valence-corrected chi connectivity index (χ2v) is 4.15. The van der Waals surface area contributed by atoms with E-state index in [-0.39, 0.29) is 12.6 Å². The first-order valence-electron chi connectivity index (χ1n) is 5.98. The molecule has 0 radical (unpaired) electrons. The van der Waals surface area contributed by atoms with Crippen LogP contribution in [0.1, 0.15) is 11.7 Å². The van der Waals surface area contributed by atoms with Gasteiger partial charge in [0.1, 0.15) is 24.5 Å². The van der Waals surface area contributed by atoms with Gasteiger partial charge >= 0.3 is 5.97 Å². The van der Waals surface area contributed by atoms with Gasteiger partial charge in [0.2, 0.25) is 0 Å². The lowest BCUT2D eigenvalue weighted by molar-refractivity contribution is -0.155. The number of benzene rings is 1. The number of hydrogen-bond acceptors (Lipinski definition) is 5. The summed E-state index contributed by atoms with van der Waals surface area (Å²) in [4.78, 5) is 11.4. The number of hydrogen-bond donors (Lipinski definition) is 0. The van der Waals surface area contributed by atoms with Crippen LogP contribution in [0.4, 0.5) is 4.39 Å². The van der Waals surface area contributed by atoms with Crippen molar-refractivity contribution in [2.75, 3.05) is 21.0 Å². The number of esters is 1. The lowest BCUT2D eigenvalue weighted by Gasteiger charge is -2.24. The number of ether oxygens (including phenoxy) is 4. The molecule has 0 saturated heterocycles. The molecule has 6 heteroatoms. The minimum atomic E-state index is -0.715.